The topological polar surface area (TPSA) is 125 Å². The van der Waals surface area contributed by atoms with Gasteiger partial charge in [0, 0.05) is 38.8 Å². The summed E-state index contributed by atoms with van der Waals surface area (Å²) in [6, 6.07) is 3.36. The first-order valence-electron chi connectivity index (χ1n) is 9.15. The first-order chi connectivity index (χ1) is 14.1. The van der Waals surface area contributed by atoms with E-state index in [0.717, 1.165) is 6.07 Å². The highest BCUT2D eigenvalue weighted by Crippen LogP contribution is 2.25. The van der Waals surface area contributed by atoms with E-state index in [1.54, 1.807) is 6.92 Å². The van der Waals surface area contributed by atoms with E-state index in [0.29, 0.717) is 11.4 Å². The van der Waals surface area contributed by atoms with E-state index in [9.17, 15) is 22.4 Å². The van der Waals surface area contributed by atoms with E-state index < -0.39 is 27.8 Å². The van der Waals surface area contributed by atoms with Gasteiger partial charge in [-0.25, -0.2) is 17.6 Å². The van der Waals surface area contributed by atoms with Gasteiger partial charge in [0.15, 0.2) is 5.76 Å². The molecule has 1 fully saturated rings. The molecule has 1 aromatic carbocycles. The average Bonchev–Trinajstić information content (AvgIpc) is 3.03. The third-order valence-electron chi connectivity index (χ3n) is 4.62. The summed E-state index contributed by atoms with van der Waals surface area (Å²) in [6.07, 6.45) is 0. The van der Waals surface area contributed by atoms with Crippen molar-refractivity contribution in [3.63, 3.8) is 0 Å². The predicted molar refractivity (Wildman–Crippen MR) is 106 cm³/mol. The van der Waals surface area contributed by atoms with Crippen LogP contribution in [0.3, 0.4) is 0 Å². The molecule has 1 aromatic heterocycles. The van der Waals surface area contributed by atoms with Crippen molar-refractivity contribution in [1.82, 2.24) is 14.4 Å². The zero-order chi connectivity index (χ0) is 22.1. The molecule has 2 N–H and O–H groups in total. The summed E-state index contributed by atoms with van der Waals surface area (Å²) in [5.41, 5.74) is 0.547. The van der Waals surface area contributed by atoms with Crippen LogP contribution in [0.1, 0.15) is 18.4 Å². The Morgan fingerprint density at radius 3 is 2.37 bits per heavy atom. The Bertz CT molecular complexity index is 1060. The van der Waals surface area contributed by atoms with Gasteiger partial charge in [-0.15, -0.1) is 0 Å². The number of aromatic nitrogens is 1. The Kier molecular flexibility index (Phi) is 6.08. The molecule has 0 radical (unpaired) electrons. The molecule has 0 unspecified atom stereocenters. The van der Waals surface area contributed by atoms with Crippen LogP contribution in [0.2, 0.25) is 0 Å². The number of nitrogens with one attached hydrogen (secondary N) is 2. The zero-order valence-electron chi connectivity index (χ0n) is 16.7. The number of hydrogen-bond acceptors (Lipinski definition) is 6. The Morgan fingerprint density at radius 2 is 1.80 bits per heavy atom. The van der Waals surface area contributed by atoms with Gasteiger partial charge in [0.2, 0.25) is 15.9 Å². The lowest BCUT2D eigenvalue weighted by atomic mass is 10.2. The molecule has 0 bridgehead atoms. The number of carbonyl (C=O) groups excluding carboxylic acids is 2. The maximum absolute atomic E-state index is 13.7. The molecule has 2 aromatic rings. The van der Waals surface area contributed by atoms with Crippen LogP contribution in [0.25, 0.3) is 0 Å². The molecular formula is C18H22FN5O5S. The second-order valence-corrected chi connectivity index (χ2v) is 8.73. The Morgan fingerprint density at radius 1 is 1.13 bits per heavy atom. The van der Waals surface area contributed by atoms with E-state index in [4.69, 9.17) is 4.52 Å². The molecule has 1 aliphatic rings. The summed E-state index contributed by atoms with van der Waals surface area (Å²) in [5.74, 6) is -0.840. The number of aryl methyl sites for hydroxylation is 2. The lowest BCUT2D eigenvalue weighted by molar-refractivity contribution is -0.114. The molecule has 0 spiro atoms. The van der Waals surface area contributed by atoms with Crippen molar-refractivity contribution in [1.29, 1.82) is 0 Å². The first-order valence-corrected chi connectivity index (χ1v) is 10.6. The summed E-state index contributed by atoms with van der Waals surface area (Å²) < 4.78 is 45.7. The fourth-order valence-electron chi connectivity index (χ4n) is 3.19. The molecule has 0 atom stereocenters. The van der Waals surface area contributed by atoms with Crippen molar-refractivity contribution in [3.05, 3.63) is 35.5 Å². The molecule has 30 heavy (non-hydrogen) atoms. The van der Waals surface area contributed by atoms with Gasteiger partial charge in [-0.05, 0) is 32.0 Å². The number of hydrogen-bond donors (Lipinski definition) is 2. The summed E-state index contributed by atoms with van der Waals surface area (Å²) in [7, 11) is -3.77. The maximum Gasteiger partial charge on any atom is 0.321 e. The van der Waals surface area contributed by atoms with E-state index in [1.165, 1.54) is 35.2 Å². The minimum atomic E-state index is -3.77. The van der Waals surface area contributed by atoms with E-state index in [2.05, 4.69) is 15.8 Å². The number of urea groups is 1. The van der Waals surface area contributed by atoms with Crippen LogP contribution >= 0.6 is 0 Å². The number of carbonyl (C=O) groups is 2. The maximum atomic E-state index is 13.7. The van der Waals surface area contributed by atoms with Crippen LogP contribution in [0, 0.1) is 19.7 Å². The molecule has 10 nitrogen and oxygen atoms in total. The van der Waals surface area contributed by atoms with Crippen LogP contribution in [0.4, 0.5) is 20.6 Å². The standard InChI is InChI=1S/C18H22FN5O5S/c1-11-17(12(2)29-22-11)30(27,28)24-8-6-23(7-9-24)18(26)21-14-4-5-15(19)16(10-14)20-13(3)25/h4-5,10H,6-9H2,1-3H3,(H,20,25)(H,21,26). The lowest BCUT2D eigenvalue weighted by Gasteiger charge is -2.33. The summed E-state index contributed by atoms with van der Waals surface area (Å²) in [6.45, 7) is 4.92. The number of nitrogens with zero attached hydrogens (tertiary/aromatic N) is 3. The largest absolute Gasteiger partial charge is 0.360 e. The van der Waals surface area contributed by atoms with E-state index in [-0.39, 0.29) is 42.5 Å². The van der Waals surface area contributed by atoms with Crippen molar-refractivity contribution in [3.8, 4) is 0 Å². The minimum absolute atomic E-state index is 0.0457. The van der Waals surface area contributed by atoms with E-state index >= 15 is 0 Å². The fourth-order valence-corrected chi connectivity index (χ4v) is 4.91. The van der Waals surface area contributed by atoms with Gasteiger partial charge in [0.1, 0.15) is 16.4 Å². The molecule has 0 saturated carbocycles. The van der Waals surface area contributed by atoms with Crippen molar-refractivity contribution in [2.45, 2.75) is 25.7 Å². The highest BCUT2D eigenvalue weighted by atomic mass is 32.2. The molecule has 162 valence electrons. The number of anilines is 2. The highest BCUT2D eigenvalue weighted by Gasteiger charge is 2.34. The van der Waals surface area contributed by atoms with Crippen molar-refractivity contribution in [2.75, 3.05) is 36.8 Å². The number of halogens is 1. The number of benzene rings is 1. The summed E-state index contributed by atoms with van der Waals surface area (Å²) in [5, 5.41) is 8.66. The van der Waals surface area contributed by atoms with Gasteiger partial charge in [-0.1, -0.05) is 5.16 Å². The SMILES string of the molecule is CC(=O)Nc1cc(NC(=O)N2CCN(S(=O)(=O)c3c(C)noc3C)CC2)ccc1F. The third-order valence-corrected chi connectivity index (χ3v) is 6.76. The zero-order valence-corrected chi connectivity index (χ0v) is 17.5. The number of sulfonamides is 1. The molecule has 3 amide bonds. The first kappa shape index (κ1) is 21.7. The van der Waals surface area contributed by atoms with Gasteiger partial charge in [0.05, 0.1) is 5.69 Å². The number of amides is 3. The van der Waals surface area contributed by atoms with Gasteiger partial charge in [-0.3, -0.25) is 4.79 Å². The van der Waals surface area contributed by atoms with Crippen molar-refractivity contribution >= 4 is 33.3 Å². The number of piperazine rings is 1. The predicted octanol–water partition coefficient (Wildman–Crippen LogP) is 1.93. The van der Waals surface area contributed by atoms with Gasteiger partial charge in [0.25, 0.3) is 0 Å². The van der Waals surface area contributed by atoms with Crippen LogP contribution in [-0.2, 0) is 14.8 Å². The van der Waals surface area contributed by atoms with Crippen molar-refractivity contribution in [2.24, 2.45) is 0 Å². The van der Waals surface area contributed by atoms with Crippen LogP contribution < -0.4 is 10.6 Å². The van der Waals surface area contributed by atoms with Crippen LogP contribution in [0.5, 0.6) is 0 Å². The van der Waals surface area contributed by atoms with Gasteiger partial charge in [-0.2, -0.15) is 4.31 Å². The highest BCUT2D eigenvalue weighted by molar-refractivity contribution is 7.89. The molecule has 1 saturated heterocycles. The Balaban J connectivity index is 1.64. The summed E-state index contributed by atoms with van der Waals surface area (Å²) >= 11 is 0. The van der Waals surface area contributed by atoms with Crippen LogP contribution in [0.15, 0.2) is 27.6 Å². The molecule has 0 aliphatic carbocycles. The van der Waals surface area contributed by atoms with Gasteiger partial charge < -0.3 is 20.1 Å². The quantitative estimate of drug-likeness (QED) is 0.750. The van der Waals surface area contributed by atoms with E-state index in [1.807, 2.05) is 0 Å². The molecule has 2 heterocycles. The third kappa shape index (κ3) is 4.44. The second kappa shape index (κ2) is 8.40. The average molecular weight is 439 g/mol. The molecular weight excluding hydrogens is 417 g/mol. The smallest absolute Gasteiger partial charge is 0.321 e. The second-order valence-electron chi connectivity index (χ2n) is 6.85. The normalized spacial score (nSPS) is 15.1. The summed E-state index contributed by atoms with van der Waals surface area (Å²) in [4.78, 5) is 25.2. The molecule has 12 heteroatoms. The number of rotatable bonds is 4. The Labute approximate surface area is 173 Å². The molecule has 3 rings (SSSR count). The van der Waals surface area contributed by atoms with Crippen molar-refractivity contribution < 1.29 is 26.9 Å². The van der Waals surface area contributed by atoms with Gasteiger partial charge >= 0.3 is 6.03 Å². The molecule has 1 aliphatic heterocycles. The minimum Gasteiger partial charge on any atom is -0.360 e. The lowest BCUT2D eigenvalue weighted by Crippen LogP contribution is -2.51. The van der Waals surface area contributed by atoms with Crippen LogP contribution in [-0.4, -0.2) is 60.9 Å². The fraction of sp³-hybridized carbons (Fsp3) is 0.389. The Hall–Kier alpha value is -2.99. The monoisotopic (exact) mass is 439 g/mol.